The second kappa shape index (κ2) is 8.30. The molecule has 28 heavy (non-hydrogen) atoms. The summed E-state index contributed by atoms with van der Waals surface area (Å²) in [5.74, 6) is -1.25. The molecule has 2 aromatic carbocycles. The van der Waals surface area contributed by atoms with Gasteiger partial charge in [-0.1, -0.05) is 17.7 Å². The molecule has 1 unspecified atom stereocenters. The third-order valence-corrected chi connectivity index (χ3v) is 4.25. The lowest BCUT2D eigenvalue weighted by Crippen LogP contribution is -2.36. The Morgan fingerprint density at radius 2 is 2.29 bits per heavy atom. The van der Waals surface area contributed by atoms with E-state index in [0.29, 0.717) is 11.0 Å². The van der Waals surface area contributed by atoms with Crippen LogP contribution in [0.2, 0.25) is 5.02 Å². The fourth-order valence-electron chi connectivity index (χ4n) is 2.60. The van der Waals surface area contributed by atoms with Crippen LogP contribution in [0.5, 0.6) is 5.75 Å². The van der Waals surface area contributed by atoms with E-state index in [1.54, 1.807) is 13.0 Å². The molecule has 3 aromatic rings. The maximum absolute atomic E-state index is 14.1. The van der Waals surface area contributed by atoms with E-state index < -0.39 is 36.5 Å². The molecule has 1 heterocycles. The Kier molecular flexibility index (Phi) is 5.05. The van der Waals surface area contributed by atoms with Crippen molar-refractivity contribution in [2.75, 3.05) is 6.61 Å². The van der Waals surface area contributed by atoms with Crippen molar-refractivity contribution >= 4 is 28.5 Å². The van der Waals surface area contributed by atoms with E-state index in [0.717, 1.165) is 6.07 Å². The van der Waals surface area contributed by atoms with Gasteiger partial charge in [-0.2, -0.15) is 5.26 Å². The fourth-order valence-corrected chi connectivity index (χ4v) is 2.80. The molecular weight excluding hydrogens is 387 g/mol. The highest BCUT2D eigenvalue weighted by molar-refractivity contribution is 6.31. The SMILES string of the molecule is [2H]C([2H])(Oc1ccc2oc(C)c(C(=O)NC(C#N)CO)c2c1)c1c(F)cccc1Cl. The minimum absolute atomic E-state index is 0.000612. The number of carbonyl (C=O) groups excluding carboxylic acids is 1. The van der Waals surface area contributed by atoms with Crippen LogP contribution in [0, 0.1) is 24.1 Å². The van der Waals surface area contributed by atoms with E-state index in [2.05, 4.69) is 5.32 Å². The van der Waals surface area contributed by atoms with E-state index in [1.165, 1.54) is 30.3 Å². The molecule has 0 saturated carbocycles. The average Bonchev–Trinajstić information content (AvgIpc) is 3.00. The van der Waals surface area contributed by atoms with Gasteiger partial charge in [-0.25, -0.2) is 4.39 Å². The number of furan rings is 1. The van der Waals surface area contributed by atoms with Crippen LogP contribution >= 0.6 is 11.6 Å². The van der Waals surface area contributed by atoms with Crippen LogP contribution in [0.25, 0.3) is 11.0 Å². The maximum atomic E-state index is 14.1. The second-order valence-electron chi connectivity index (χ2n) is 5.83. The molecule has 8 heteroatoms. The molecule has 2 N–H and O–H groups in total. The van der Waals surface area contributed by atoms with Crippen molar-refractivity contribution in [1.82, 2.24) is 5.32 Å². The number of aliphatic hydroxyl groups is 1. The fraction of sp³-hybridized carbons (Fsp3) is 0.200. The Morgan fingerprint density at radius 3 is 2.96 bits per heavy atom. The van der Waals surface area contributed by atoms with Gasteiger partial charge in [0.1, 0.15) is 35.5 Å². The first-order valence-corrected chi connectivity index (χ1v) is 8.53. The highest BCUT2D eigenvalue weighted by Crippen LogP contribution is 2.30. The van der Waals surface area contributed by atoms with Crippen LogP contribution in [0.3, 0.4) is 0 Å². The number of halogens is 2. The van der Waals surface area contributed by atoms with Crippen molar-refractivity contribution in [2.45, 2.75) is 19.5 Å². The summed E-state index contributed by atoms with van der Waals surface area (Å²) in [7, 11) is 0. The molecule has 0 aliphatic carbocycles. The van der Waals surface area contributed by atoms with E-state index in [1.807, 2.05) is 0 Å². The first kappa shape index (κ1) is 17.0. The molecule has 0 fully saturated rings. The number of hydrogen-bond donors (Lipinski definition) is 2. The molecule has 0 aliphatic heterocycles. The zero-order valence-corrected chi connectivity index (χ0v) is 15.4. The van der Waals surface area contributed by atoms with Gasteiger partial charge in [0.2, 0.25) is 0 Å². The lowest BCUT2D eigenvalue weighted by Gasteiger charge is -2.10. The molecule has 1 atom stereocenters. The van der Waals surface area contributed by atoms with Gasteiger partial charge in [0, 0.05) is 10.9 Å². The number of benzene rings is 2. The summed E-state index contributed by atoms with van der Waals surface area (Å²) in [6.07, 6.45) is 0. The third kappa shape index (κ3) is 3.93. The van der Waals surface area contributed by atoms with Crippen molar-refractivity contribution in [1.29, 1.82) is 5.26 Å². The molecule has 0 bridgehead atoms. The summed E-state index contributed by atoms with van der Waals surface area (Å²) in [5, 5.41) is 20.6. The lowest BCUT2D eigenvalue weighted by atomic mass is 10.1. The third-order valence-electron chi connectivity index (χ3n) is 3.94. The predicted molar refractivity (Wildman–Crippen MR) is 101 cm³/mol. The van der Waals surface area contributed by atoms with Gasteiger partial charge < -0.3 is 19.6 Å². The molecule has 0 aliphatic rings. The van der Waals surface area contributed by atoms with Crippen molar-refractivity contribution in [3.05, 3.63) is 64.1 Å². The first-order chi connectivity index (χ1) is 14.2. The summed E-state index contributed by atoms with van der Waals surface area (Å²) in [5.41, 5.74) is -0.0199. The number of carbonyl (C=O) groups is 1. The summed E-state index contributed by atoms with van der Waals surface area (Å²) < 4.78 is 41.3. The molecule has 1 aromatic heterocycles. The van der Waals surface area contributed by atoms with Gasteiger partial charge in [0.15, 0.2) is 0 Å². The lowest BCUT2D eigenvalue weighted by molar-refractivity contribution is 0.0931. The number of nitriles is 1. The Bertz CT molecular complexity index is 1140. The summed E-state index contributed by atoms with van der Waals surface area (Å²) >= 11 is 5.95. The van der Waals surface area contributed by atoms with Crippen LogP contribution in [0.1, 0.15) is 24.4 Å². The van der Waals surface area contributed by atoms with Crippen LogP contribution in [0.15, 0.2) is 40.8 Å². The number of ether oxygens (including phenoxy) is 1. The minimum atomic E-state index is -2.60. The van der Waals surface area contributed by atoms with Gasteiger partial charge in [0.25, 0.3) is 5.91 Å². The quantitative estimate of drug-likeness (QED) is 0.652. The molecule has 6 nitrogen and oxygen atoms in total. The monoisotopic (exact) mass is 404 g/mol. The van der Waals surface area contributed by atoms with Crippen LogP contribution < -0.4 is 10.1 Å². The van der Waals surface area contributed by atoms with Crippen LogP contribution in [-0.4, -0.2) is 23.7 Å². The summed E-state index contributed by atoms with van der Waals surface area (Å²) in [4.78, 5) is 12.6. The Hall–Kier alpha value is -3.08. The minimum Gasteiger partial charge on any atom is -0.489 e. The summed E-state index contributed by atoms with van der Waals surface area (Å²) in [6.45, 7) is -1.61. The predicted octanol–water partition coefficient (Wildman–Crippen LogP) is 3.73. The first-order valence-electron chi connectivity index (χ1n) is 9.16. The number of aliphatic hydroxyl groups excluding tert-OH is 1. The zero-order valence-electron chi connectivity index (χ0n) is 16.6. The molecule has 3 rings (SSSR count). The molecule has 0 spiro atoms. The molecule has 1 amide bonds. The Morgan fingerprint density at radius 1 is 1.50 bits per heavy atom. The number of rotatable bonds is 6. The number of amides is 1. The van der Waals surface area contributed by atoms with E-state index >= 15 is 0 Å². The number of nitrogens with one attached hydrogen (secondary N) is 1. The standard InChI is InChI=1S/C20H16ClFN2O4/c1-11-19(20(26)24-12(8-23)9-25)14-7-13(5-6-18(14)28-11)27-10-15-16(21)3-2-4-17(15)22/h2-7,12,25H,9-10H2,1H3,(H,24,26)/i10D2. The Labute approximate surface area is 167 Å². The molecular formula is C20H16ClFN2O4. The van der Waals surface area contributed by atoms with Gasteiger partial charge in [-0.3, -0.25) is 4.79 Å². The van der Waals surface area contributed by atoms with E-state index in [4.69, 9.17) is 33.9 Å². The number of fused-ring (bicyclic) bond motifs is 1. The summed E-state index contributed by atoms with van der Waals surface area (Å²) in [6, 6.07) is 8.67. The van der Waals surface area contributed by atoms with Crippen molar-refractivity contribution in [3.63, 3.8) is 0 Å². The topological polar surface area (TPSA) is 95.5 Å². The number of nitrogens with zero attached hydrogens (tertiary/aromatic N) is 1. The van der Waals surface area contributed by atoms with Gasteiger partial charge in [0.05, 0.1) is 26.0 Å². The number of hydrogen-bond acceptors (Lipinski definition) is 5. The average molecular weight is 405 g/mol. The molecule has 0 saturated heterocycles. The Balaban J connectivity index is 1.99. The normalized spacial score (nSPS) is 13.4. The second-order valence-corrected chi connectivity index (χ2v) is 6.24. The largest absolute Gasteiger partial charge is 0.489 e. The van der Waals surface area contributed by atoms with Crippen LogP contribution in [0.4, 0.5) is 4.39 Å². The molecule has 144 valence electrons. The van der Waals surface area contributed by atoms with Gasteiger partial charge in [-0.15, -0.1) is 0 Å². The highest BCUT2D eigenvalue weighted by Gasteiger charge is 2.21. The smallest absolute Gasteiger partial charge is 0.256 e. The maximum Gasteiger partial charge on any atom is 0.256 e. The van der Waals surface area contributed by atoms with E-state index in [-0.39, 0.29) is 22.1 Å². The van der Waals surface area contributed by atoms with Crippen molar-refractivity contribution in [3.8, 4) is 11.8 Å². The van der Waals surface area contributed by atoms with Gasteiger partial charge in [-0.05, 0) is 37.3 Å². The van der Waals surface area contributed by atoms with Crippen molar-refractivity contribution in [2.24, 2.45) is 0 Å². The van der Waals surface area contributed by atoms with Crippen LogP contribution in [-0.2, 0) is 6.56 Å². The van der Waals surface area contributed by atoms with Crippen molar-refractivity contribution < 1.29 is 26.2 Å². The van der Waals surface area contributed by atoms with E-state index in [9.17, 15) is 9.18 Å². The zero-order chi connectivity index (χ0) is 22.1. The van der Waals surface area contributed by atoms with Gasteiger partial charge >= 0.3 is 0 Å². The number of aryl methyl sites for hydroxylation is 1. The highest BCUT2D eigenvalue weighted by atomic mass is 35.5. The molecule has 0 radical (unpaired) electrons.